The van der Waals surface area contributed by atoms with Gasteiger partial charge in [-0.15, -0.1) is 11.3 Å². The number of halogens is 2. The van der Waals surface area contributed by atoms with Gasteiger partial charge in [0.15, 0.2) is 0 Å². The van der Waals surface area contributed by atoms with Crippen LogP contribution in [0.25, 0.3) is 0 Å². The van der Waals surface area contributed by atoms with Crippen molar-refractivity contribution in [1.82, 2.24) is 0 Å². The van der Waals surface area contributed by atoms with Crippen LogP contribution in [0.2, 0.25) is 0 Å². The highest BCUT2D eigenvalue weighted by Crippen LogP contribution is 2.27. The summed E-state index contributed by atoms with van der Waals surface area (Å²) in [6.07, 6.45) is 5.96. The van der Waals surface area contributed by atoms with E-state index in [0.717, 1.165) is 21.8 Å². The Kier molecular flexibility index (Phi) is 8.63. The lowest BCUT2D eigenvalue weighted by molar-refractivity contribution is -0.001000. The van der Waals surface area contributed by atoms with Crippen LogP contribution in [0, 0.1) is 0 Å². The smallest absolute Gasteiger partial charge is 0.142 e. The van der Waals surface area contributed by atoms with E-state index < -0.39 is 0 Å². The second kappa shape index (κ2) is 9.09. The maximum atomic E-state index is 2.42. The molecule has 0 unspecified atom stereocenters. The number of hydrogen-bond donors (Lipinski definition) is 0. The molecule has 2 aliphatic heterocycles. The highest BCUT2D eigenvalue weighted by molar-refractivity contribution is 7.96. The zero-order valence-electron chi connectivity index (χ0n) is 11.2. The van der Waals surface area contributed by atoms with Gasteiger partial charge in [0.05, 0.1) is 9.75 Å². The zero-order chi connectivity index (χ0) is 11.5. The molecule has 0 nitrogen and oxygen atoms in total. The molecule has 2 saturated heterocycles. The van der Waals surface area contributed by atoms with E-state index in [9.17, 15) is 0 Å². The van der Waals surface area contributed by atoms with Crippen LogP contribution in [0.5, 0.6) is 0 Å². The van der Waals surface area contributed by atoms with E-state index in [-0.39, 0.29) is 24.8 Å². The molecule has 19 heavy (non-hydrogen) atoms. The number of hydrogen-bond acceptors (Lipinski definition) is 1. The van der Waals surface area contributed by atoms with Crippen LogP contribution in [0.15, 0.2) is 12.1 Å². The molecule has 2 aliphatic rings. The Labute approximate surface area is 139 Å². The highest BCUT2D eigenvalue weighted by Gasteiger charge is 2.27. The van der Waals surface area contributed by atoms with Gasteiger partial charge in [-0.25, -0.2) is 0 Å². The van der Waals surface area contributed by atoms with E-state index in [0.29, 0.717) is 0 Å². The molecule has 5 heteroatoms. The van der Waals surface area contributed by atoms with Crippen LogP contribution in [0.4, 0.5) is 0 Å². The lowest BCUT2D eigenvalue weighted by Crippen LogP contribution is -3.00. The molecule has 1 aromatic rings. The molecule has 0 saturated carbocycles. The standard InChI is InChI=1S/C14H22S3.2ClH/c1-2-8-16(7-1)11-13-5-6-14(15-13)12-17-9-3-4-10-17;;/h5-6H,1-4,7-12H2;2*1H/q+2;;/p-2. The van der Waals surface area contributed by atoms with Gasteiger partial charge in [0, 0.05) is 0 Å². The van der Waals surface area contributed by atoms with Gasteiger partial charge in [-0.3, -0.25) is 0 Å². The van der Waals surface area contributed by atoms with Crippen LogP contribution in [0.3, 0.4) is 0 Å². The normalized spacial score (nSPS) is 20.2. The molecule has 0 aromatic carbocycles. The first kappa shape index (κ1) is 18.0. The number of rotatable bonds is 4. The highest BCUT2D eigenvalue weighted by atomic mass is 35.5. The van der Waals surface area contributed by atoms with Crippen LogP contribution < -0.4 is 24.8 Å². The van der Waals surface area contributed by atoms with E-state index in [4.69, 9.17) is 0 Å². The molecule has 0 aliphatic carbocycles. The summed E-state index contributed by atoms with van der Waals surface area (Å²) < 4.78 is 0. The summed E-state index contributed by atoms with van der Waals surface area (Å²) in [5, 5.41) is 0. The molecular weight excluding hydrogens is 335 g/mol. The van der Waals surface area contributed by atoms with Crippen molar-refractivity contribution in [2.45, 2.75) is 37.2 Å². The predicted molar refractivity (Wildman–Crippen MR) is 84.4 cm³/mol. The van der Waals surface area contributed by atoms with Gasteiger partial charge >= 0.3 is 0 Å². The van der Waals surface area contributed by atoms with Crippen molar-refractivity contribution in [2.24, 2.45) is 0 Å². The third kappa shape index (κ3) is 5.35. The Morgan fingerprint density at radius 2 is 1.11 bits per heavy atom. The first-order valence-electron chi connectivity index (χ1n) is 6.76. The average molecular weight is 357 g/mol. The molecule has 0 amide bonds. The first-order chi connectivity index (χ1) is 8.40. The summed E-state index contributed by atoms with van der Waals surface area (Å²) in [7, 11) is 1.49. The van der Waals surface area contributed by atoms with Crippen molar-refractivity contribution in [3.63, 3.8) is 0 Å². The van der Waals surface area contributed by atoms with Gasteiger partial charge in [-0.1, -0.05) is 0 Å². The third-order valence-corrected chi connectivity index (χ3v) is 10.00. The monoisotopic (exact) mass is 356 g/mol. The Morgan fingerprint density at radius 1 is 0.737 bits per heavy atom. The largest absolute Gasteiger partial charge is 1.00 e. The van der Waals surface area contributed by atoms with Crippen molar-refractivity contribution < 1.29 is 24.8 Å². The van der Waals surface area contributed by atoms with Crippen LogP contribution in [-0.4, -0.2) is 23.0 Å². The van der Waals surface area contributed by atoms with Gasteiger partial charge in [0.1, 0.15) is 34.5 Å². The van der Waals surface area contributed by atoms with E-state index in [1.807, 2.05) is 0 Å². The molecular formula is C14H22Cl2S3. The fourth-order valence-corrected chi connectivity index (χ4v) is 9.21. The summed E-state index contributed by atoms with van der Waals surface area (Å²) in [5.74, 6) is 8.85. The van der Waals surface area contributed by atoms with Crippen molar-refractivity contribution in [1.29, 1.82) is 0 Å². The van der Waals surface area contributed by atoms with Crippen molar-refractivity contribution in [2.75, 3.05) is 23.0 Å². The van der Waals surface area contributed by atoms with Gasteiger partial charge in [0.25, 0.3) is 0 Å². The molecule has 0 spiro atoms. The summed E-state index contributed by atoms with van der Waals surface area (Å²) >= 11 is 2.12. The minimum Gasteiger partial charge on any atom is -1.00 e. The number of thiophene rings is 1. The van der Waals surface area contributed by atoms with Crippen molar-refractivity contribution in [3.05, 3.63) is 21.9 Å². The Bertz CT molecular complexity index is 323. The van der Waals surface area contributed by atoms with Crippen LogP contribution in [-0.2, 0) is 33.3 Å². The molecule has 3 heterocycles. The third-order valence-electron chi connectivity index (χ3n) is 3.64. The Morgan fingerprint density at radius 3 is 1.47 bits per heavy atom. The minimum atomic E-state index is 0. The zero-order valence-corrected chi connectivity index (χ0v) is 15.2. The molecule has 0 radical (unpaired) electrons. The van der Waals surface area contributed by atoms with Crippen LogP contribution in [0.1, 0.15) is 35.4 Å². The Balaban J connectivity index is 0.000000902. The van der Waals surface area contributed by atoms with Gasteiger partial charge in [-0.05, 0) is 59.6 Å². The lowest BCUT2D eigenvalue weighted by atomic mass is 10.4. The molecule has 3 rings (SSSR count). The second-order valence-electron chi connectivity index (χ2n) is 5.11. The fourth-order valence-electron chi connectivity index (χ4n) is 2.70. The van der Waals surface area contributed by atoms with E-state index in [2.05, 4.69) is 23.5 Å². The topological polar surface area (TPSA) is 0 Å². The second-order valence-corrected chi connectivity index (χ2v) is 11.0. The van der Waals surface area contributed by atoms with E-state index >= 15 is 0 Å². The van der Waals surface area contributed by atoms with Gasteiger partial charge in [0.2, 0.25) is 0 Å². The first-order valence-corrected chi connectivity index (χ1v) is 11.0. The molecule has 110 valence electrons. The Hall–Kier alpha value is 0.980. The van der Waals surface area contributed by atoms with Crippen molar-refractivity contribution in [3.8, 4) is 0 Å². The minimum absolute atomic E-state index is 0. The summed E-state index contributed by atoms with van der Waals surface area (Å²) in [6, 6.07) is 4.84. The van der Waals surface area contributed by atoms with Gasteiger partial charge < -0.3 is 24.8 Å². The fraction of sp³-hybridized carbons (Fsp3) is 0.714. The molecule has 0 bridgehead atoms. The molecule has 1 aromatic heterocycles. The molecule has 0 atom stereocenters. The predicted octanol–water partition coefficient (Wildman–Crippen LogP) is -2.42. The SMILES string of the molecule is [Cl-].[Cl-].c1cc(C[S+]2CCCC2)sc1C[S+]1CCCC1. The van der Waals surface area contributed by atoms with Crippen molar-refractivity contribution >= 4 is 33.1 Å². The maximum Gasteiger partial charge on any atom is 0.142 e. The molecule has 2 fully saturated rings. The summed E-state index contributed by atoms with van der Waals surface area (Å²) in [4.78, 5) is 3.35. The molecule has 0 N–H and O–H groups in total. The summed E-state index contributed by atoms with van der Waals surface area (Å²) in [5.41, 5.74) is 0. The lowest BCUT2D eigenvalue weighted by Gasteiger charge is -1.98. The summed E-state index contributed by atoms with van der Waals surface area (Å²) in [6.45, 7) is 0. The quantitative estimate of drug-likeness (QED) is 0.527. The average Bonchev–Trinajstić information content (AvgIpc) is 3.02. The van der Waals surface area contributed by atoms with Gasteiger partial charge in [-0.2, -0.15) is 0 Å². The van der Waals surface area contributed by atoms with Crippen LogP contribution >= 0.6 is 11.3 Å². The van der Waals surface area contributed by atoms with E-state index in [1.165, 1.54) is 60.2 Å². The van der Waals surface area contributed by atoms with E-state index in [1.54, 1.807) is 9.75 Å². The maximum absolute atomic E-state index is 2.42.